The maximum Gasteiger partial charge on any atom is 0.410 e. The van der Waals surface area contributed by atoms with E-state index in [9.17, 15) is 14.4 Å². The third kappa shape index (κ3) is 6.17. The van der Waals surface area contributed by atoms with Crippen LogP contribution in [0.25, 0.3) is 11.3 Å². The molecular formula is C32H43N5O6. The second-order valence-electron chi connectivity index (χ2n) is 13.6. The number of hydrogen-bond acceptors (Lipinski definition) is 7. The molecule has 2 saturated heterocycles. The number of fused-ring (bicyclic) bond motifs is 4. The first-order chi connectivity index (χ1) is 20.4. The summed E-state index contributed by atoms with van der Waals surface area (Å²) in [7, 11) is 1.79. The van der Waals surface area contributed by atoms with E-state index in [0.29, 0.717) is 58.0 Å². The topological polar surface area (TPSA) is 106 Å². The first-order valence-electron chi connectivity index (χ1n) is 15.4. The fourth-order valence-electron chi connectivity index (χ4n) is 6.20. The van der Waals surface area contributed by atoms with Crippen LogP contribution >= 0.6 is 0 Å². The summed E-state index contributed by atoms with van der Waals surface area (Å²) in [5.74, 6) is 1.22. The van der Waals surface area contributed by atoms with Gasteiger partial charge >= 0.3 is 12.2 Å². The van der Waals surface area contributed by atoms with Crippen LogP contribution in [0.2, 0.25) is 0 Å². The average molecular weight is 594 g/mol. The molecule has 0 bridgehead atoms. The van der Waals surface area contributed by atoms with E-state index < -0.39 is 11.2 Å². The third-order valence-electron chi connectivity index (χ3n) is 8.97. The number of likely N-dealkylation sites (N-methyl/N-ethyl adjacent to an activating group) is 1. The Hall–Kier alpha value is -3.76. The van der Waals surface area contributed by atoms with Crippen molar-refractivity contribution in [3.63, 3.8) is 0 Å². The Kier molecular flexibility index (Phi) is 7.54. The van der Waals surface area contributed by atoms with Crippen LogP contribution in [0, 0.1) is 12.8 Å². The zero-order valence-electron chi connectivity index (χ0n) is 25.9. The van der Waals surface area contributed by atoms with Crippen LogP contribution in [0.1, 0.15) is 64.0 Å². The summed E-state index contributed by atoms with van der Waals surface area (Å²) in [6, 6.07) is 6.00. The van der Waals surface area contributed by atoms with E-state index in [2.05, 4.69) is 0 Å². The molecule has 11 nitrogen and oxygen atoms in total. The second-order valence-corrected chi connectivity index (χ2v) is 13.6. The Morgan fingerprint density at radius 1 is 1.07 bits per heavy atom. The third-order valence-corrected chi connectivity index (χ3v) is 8.97. The smallest absolute Gasteiger partial charge is 0.410 e. The standard InChI is InChI=1S/C32H43N5O6/c1-21-6-9-24-26(16-21)42-32(11-14-35(15-12-32)29(39)41-20-22-7-8-22)25-18-37(33-28(24)25)19-27(38)34(5)23-10-13-36(17-23)30(40)43-31(2,3)4/h6,9,16,18,22-23H,7-8,10-15,17,19-20H2,1-5H3/t23-/m1/s1. The summed E-state index contributed by atoms with van der Waals surface area (Å²) in [6.07, 6.45) is 5.51. The molecule has 1 spiro atoms. The lowest BCUT2D eigenvalue weighted by Crippen LogP contribution is -2.49. The van der Waals surface area contributed by atoms with E-state index in [4.69, 9.17) is 19.3 Å². The van der Waals surface area contributed by atoms with Crippen LogP contribution in [0.5, 0.6) is 5.75 Å². The highest BCUT2D eigenvalue weighted by Crippen LogP contribution is 2.49. The van der Waals surface area contributed by atoms with Crippen molar-refractivity contribution < 1.29 is 28.6 Å². The number of aryl methyl sites for hydroxylation is 1. The van der Waals surface area contributed by atoms with E-state index in [1.807, 2.05) is 52.1 Å². The molecule has 1 aromatic carbocycles. The summed E-state index contributed by atoms with van der Waals surface area (Å²) >= 11 is 0. The van der Waals surface area contributed by atoms with Gasteiger partial charge in [0.05, 0.1) is 12.6 Å². The average Bonchev–Trinajstić information content (AvgIpc) is 3.46. The van der Waals surface area contributed by atoms with Crippen LogP contribution < -0.4 is 4.74 Å². The van der Waals surface area contributed by atoms with E-state index in [1.54, 1.807) is 26.4 Å². The molecule has 43 heavy (non-hydrogen) atoms. The normalized spacial score (nSPS) is 20.7. The number of ether oxygens (including phenoxy) is 3. The van der Waals surface area contributed by atoms with Crippen molar-refractivity contribution in [2.45, 2.75) is 83.6 Å². The van der Waals surface area contributed by atoms with Gasteiger partial charge in [0.1, 0.15) is 29.2 Å². The number of rotatable bonds is 5. The fraction of sp³-hybridized carbons (Fsp3) is 0.625. The number of likely N-dealkylation sites (tertiary alicyclic amines) is 2. The Bertz CT molecular complexity index is 1400. The minimum absolute atomic E-state index is 0.0727. The van der Waals surface area contributed by atoms with Gasteiger partial charge in [0.2, 0.25) is 5.91 Å². The van der Waals surface area contributed by atoms with Gasteiger partial charge in [-0.15, -0.1) is 0 Å². The maximum atomic E-state index is 13.4. The number of amides is 3. The van der Waals surface area contributed by atoms with Gasteiger partial charge in [-0.2, -0.15) is 5.10 Å². The molecule has 0 unspecified atom stereocenters. The summed E-state index contributed by atoms with van der Waals surface area (Å²) in [4.78, 5) is 43.8. The van der Waals surface area contributed by atoms with Crippen molar-refractivity contribution in [1.29, 1.82) is 0 Å². The highest BCUT2D eigenvalue weighted by molar-refractivity contribution is 5.78. The van der Waals surface area contributed by atoms with Crippen LogP contribution in [0.3, 0.4) is 0 Å². The van der Waals surface area contributed by atoms with Crippen LogP contribution in [0.15, 0.2) is 24.4 Å². The molecule has 6 rings (SSSR count). The molecule has 1 aliphatic carbocycles. The first kappa shape index (κ1) is 29.3. The summed E-state index contributed by atoms with van der Waals surface area (Å²) < 4.78 is 19.5. The molecule has 3 fully saturated rings. The number of carbonyl (C=O) groups excluding carboxylic acids is 3. The van der Waals surface area contributed by atoms with Gasteiger partial charge in [-0.3, -0.25) is 9.48 Å². The zero-order valence-corrected chi connectivity index (χ0v) is 25.9. The van der Waals surface area contributed by atoms with Crippen molar-refractivity contribution in [3.05, 3.63) is 35.5 Å². The second kappa shape index (κ2) is 11.1. The molecular weight excluding hydrogens is 550 g/mol. The minimum atomic E-state index is -0.643. The molecule has 3 amide bonds. The summed E-state index contributed by atoms with van der Waals surface area (Å²) in [5.41, 5.74) is 2.55. The van der Waals surface area contributed by atoms with E-state index in [0.717, 1.165) is 41.0 Å². The molecule has 3 aliphatic heterocycles. The lowest BCUT2D eigenvalue weighted by atomic mass is 9.81. The minimum Gasteiger partial charge on any atom is -0.482 e. The molecule has 11 heteroatoms. The Labute approximate surface area is 253 Å². The Morgan fingerprint density at radius 3 is 2.51 bits per heavy atom. The highest BCUT2D eigenvalue weighted by atomic mass is 16.6. The van der Waals surface area contributed by atoms with Gasteiger partial charge in [0.15, 0.2) is 0 Å². The van der Waals surface area contributed by atoms with Gasteiger partial charge in [-0.05, 0) is 70.6 Å². The van der Waals surface area contributed by atoms with E-state index in [-0.39, 0.29) is 30.7 Å². The highest BCUT2D eigenvalue weighted by Gasteiger charge is 2.46. The van der Waals surface area contributed by atoms with Crippen LogP contribution in [0.4, 0.5) is 9.59 Å². The predicted octanol–water partition coefficient (Wildman–Crippen LogP) is 4.56. The summed E-state index contributed by atoms with van der Waals surface area (Å²) in [6.45, 7) is 10.2. The van der Waals surface area contributed by atoms with Gasteiger partial charge < -0.3 is 28.9 Å². The van der Waals surface area contributed by atoms with Crippen molar-refractivity contribution in [2.75, 3.05) is 39.8 Å². The summed E-state index contributed by atoms with van der Waals surface area (Å²) in [5, 5.41) is 4.91. The number of piperidine rings is 1. The van der Waals surface area contributed by atoms with Gasteiger partial charge in [0.25, 0.3) is 0 Å². The molecule has 0 N–H and O–H groups in total. The number of hydrogen-bond donors (Lipinski definition) is 0. The number of nitrogens with zero attached hydrogens (tertiary/aromatic N) is 5. The largest absolute Gasteiger partial charge is 0.482 e. The van der Waals surface area contributed by atoms with Crippen LogP contribution in [-0.4, -0.2) is 94.1 Å². The molecule has 0 radical (unpaired) electrons. The maximum absolute atomic E-state index is 13.4. The molecule has 4 heterocycles. The molecule has 232 valence electrons. The lowest BCUT2D eigenvalue weighted by molar-refractivity contribution is -0.132. The molecule has 1 atom stereocenters. The Balaban J connectivity index is 1.16. The number of carbonyl (C=O) groups is 3. The quantitative estimate of drug-likeness (QED) is 0.501. The zero-order chi connectivity index (χ0) is 30.5. The van der Waals surface area contributed by atoms with Gasteiger partial charge in [-0.1, -0.05) is 6.07 Å². The monoisotopic (exact) mass is 593 g/mol. The number of aromatic nitrogens is 2. The molecule has 4 aliphatic rings. The Morgan fingerprint density at radius 2 is 1.81 bits per heavy atom. The van der Waals surface area contributed by atoms with Gasteiger partial charge in [0, 0.05) is 63.4 Å². The fourth-order valence-corrected chi connectivity index (χ4v) is 6.20. The number of benzene rings is 1. The SMILES string of the molecule is Cc1ccc2c(c1)OC1(CCN(C(=O)OCC3CC3)CC1)c1cn(CC(=O)N(C)[C@@H]3CCN(C(=O)OC(C)(C)C)C3)nc1-2. The molecule has 1 saturated carbocycles. The predicted molar refractivity (Wildman–Crippen MR) is 159 cm³/mol. The van der Waals surface area contributed by atoms with E-state index in [1.165, 1.54) is 0 Å². The van der Waals surface area contributed by atoms with Crippen molar-refractivity contribution >= 4 is 18.1 Å². The first-order valence-corrected chi connectivity index (χ1v) is 15.4. The lowest BCUT2D eigenvalue weighted by Gasteiger charge is -2.43. The molecule has 1 aromatic heterocycles. The van der Waals surface area contributed by atoms with Crippen molar-refractivity contribution in [1.82, 2.24) is 24.5 Å². The van der Waals surface area contributed by atoms with Crippen molar-refractivity contribution in [2.24, 2.45) is 5.92 Å². The van der Waals surface area contributed by atoms with Crippen molar-refractivity contribution in [3.8, 4) is 17.0 Å². The van der Waals surface area contributed by atoms with Crippen LogP contribution in [-0.2, 0) is 26.4 Å². The molecule has 2 aromatic rings. The van der Waals surface area contributed by atoms with Gasteiger partial charge in [-0.25, -0.2) is 9.59 Å². The van der Waals surface area contributed by atoms with E-state index >= 15 is 0 Å².